The molecule has 0 bridgehead atoms. The Kier molecular flexibility index (Phi) is 7.69. The van der Waals surface area contributed by atoms with Gasteiger partial charge in [-0.05, 0) is 81.2 Å². The zero-order valence-electron chi connectivity index (χ0n) is 32.3. The number of aromatic nitrogens is 4. The lowest BCUT2D eigenvalue weighted by Crippen LogP contribution is -2.35. The molecule has 0 amide bonds. The van der Waals surface area contributed by atoms with Crippen molar-refractivity contribution in [2.45, 2.75) is 5.41 Å². The Bertz CT molecular complexity index is 3290. The van der Waals surface area contributed by atoms with Crippen molar-refractivity contribution < 1.29 is 4.74 Å². The van der Waals surface area contributed by atoms with Gasteiger partial charge in [0.2, 0.25) is 0 Å². The normalized spacial score (nSPS) is 14.5. The van der Waals surface area contributed by atoms with E-state index in [2.05, 4.69) is 157 Å². The number of benzene rings is 7. The van der Waals surface area contributed by atoms with E-state index in [0.29, 0.717) is 5.82 Å². The standard InChI is InChI=1S/C55H34N4O/c1-2-14-36(15-3-1)54-58-50(32-51(59-54)39-26-29-49(57-34-39)38-16-12-30-56-33-38)37-24-27-44-42-19-7-6-18-41(42)43-20-8-9-21-45(43)55(48(44)31-37)46-22-10-11-23-52(46)60-53-40-17-5-4-13-35(40)25-28-47(53)55/h1-34H. The van der Waals surface area contributed by atoms with E-state index in [4.69, 9.17) is 19.7 Å². The number of hydrogen-bond acceptors (Lipinski definition) is 5. The van der Waals surface area contributed by atoms with Crippen LogP contribution in [0.5, 0.6) is 11.5 Å². The van der Waals surface area contributed by atoms with Crippen LogP contribution < -0.4 is 4.74 Å². The van der Waals surface area contributed by atoms with Gasteiger partial charge in [0.15, 0.2) is 5.82 Å². The van der Waals surface area contributed by atoms with E-state index in [0.717, 1.165) is 83.9 Å². The van der Waals surface area contributed by atoms with Crippen molar-refractivity contribution in [2.75, 3.05) is 0 Å². The highest BCUT2D eigenvalue weighted by atomic mass is 16.5. The van der Waals surface area contributed by atoms with E-state index < -0.39 is 5.41 Å². The summed E-state index contributed by atoms with van der Waals surface area (Å²) in [5.41, 5.74) is 14.8. The molecule has 0 radical (unpaired) electrons. The van der Waals surface area contributed by atoms with Crippen molar-refractivity contribution in [3.63, 3.8) is 0 Å². The van der Waals surface area contributed by atoms with Crippen LogP contribution in [0.3, 0.4) is 0 Å². The summed E-state index contributed by atoms with van der Waals surface area (Å²) in [4.78, 5) is 19.6. The molecule has 0 saturated carbocycles. The summed E-state index contributed by atoms with van der Waals surface area (Å²) >= 11 is 0. The highest BCUT2D eigenvalue weighted by Crippen LogP contribution is 2.62. The van der Waals surface area contributed by atoms with Crippen molar-refractivity contribution in [1.29, 1.82) is 0 Å². The van der Waals surface area contributed by atoms with Gasteiger partial charge in [-0.15, -0.1) is 0 Å². The van der Waals surface area contributed by atoms with E-state index in [-0.39, 0.29) is 0 Å². The molecule has 0 N–H and O–H groups in total. The average molecular weight is 767 g/mol. The van der Waals surface area contributed by atoms with Crippen molar-refractivity contribution in [3.8, 4) is 78.9 Å². The molecular weight excluding hydrogens is 733 g/mol. The van der Waals surface area contributed by atoms with E-state index >= 15 is 0 Å². The van der Waals surface area contributed by atoms with Crippen LogP contribution in [0.1, 0.15) is 22.3 Å². The predicted molar refractivity (Wildman–Crippen MR) is 240 cm³/mol. The monoisotopic (exact) mass is 766 g/mol. The number of pyridine rings is 2. The molecule has 0 fully saturated rings. The van der Waals surface area contributed by atoms with E-state index in [1.807, 2.05) is 48.8 Å². The first-order valence-corrected chi connectivity index (χ1v) is 20.2. The second kappa shape index (κ2) is 13.5. The Labute approximate surface area is 347 Å². The highest BCUT2D eigenvalue weighted by Gasteiger charge is 2.49. The topological polar surface area (TPSA) is 60.8 Å². The average Bonchev–Trinajstić information content (AvgIpc) is 3.43. The Hall–Kier alpha value is -8.02. The minimum atomic E-state index is -0.765. The van der Waals surface area contributed by atoms with Crippen LogP contribution in [0.2, 0.25) is 0 Å². The third-order valence-electron chi connectivity index (χ3n) is 12.1. The van der Waals surface area contributed by atoms with Crippen LogP contribution in [0.15, 0.2) is 207 Å². The fraction of sp³-hybridized carbons (Fsp3) is 0.0182. The third-order valence-corrected chi connectivity index (χ3v) is 12.1. The molecule has 7 aromatic carbocycles. The lowest BCUT2D eigenvalue weighted by molar-refractivity contribution is 0.440. The quantitative estimate of drug-likeness (QED) is 0.178. The number of para-hydroxylation sites is 1. The minimum absolute atomic E-state index is 0.646. The van der Waals surface area contributed by atoms with Gasteiger partial charge in [-0.3, -0.25) is 9.97 Å². The molecule has 1 aliphatic heterocycles. The van der Waals surface area contributed by atoms with Crippen LogP contribution in [-0.2, 0) is 5.41 Å². The predicted octanol–water partition coefficient (Wildman–Crippen LogP) is 13.2. The molecular formula is C55H34N4O. The maximum absolute atomic E-state index is 7.02. The maximum Gasteiger partial charge on any atom is 0.160 e. The van der Waals surface area contributed by atoms with Crippen molar-refractivity contribution in [3.05, 3.63) is 229 Å². The van der Waals surface area contributed by atoms with Crippen LogP contribution >= 0.6 is 0 Å². The zero-order valence-corrected chi connectivity index (χ0v) is 32.3. The summed E-state index contributed by atoms with van der Waals surface area (Å²) in [6, 6.07) is 66.6. The highest BCUT2D eigenvalue weighted by molar-refractivity contribution is 5.98. The molecule has 3 aromatic heterocycles. The lowest BCUT2D eigenvalue weighted by atomic mass is 9.61. The zero-order chi connectivity index (χ0) is 39.6. The summed E-state index contributed by atoms with van der Waals surface area (Å²) < 4.78 is 7.02. The Morgan fingerprint density at radius 2 is 1.07 bits per heavy atom. The minimum Gasteiger partial charge on any atom is -0.456 e. The van der Waals surface area contributed by atoms with Crippen molar-refractivity contribution in [1.82, 2.24) is 19.9 Å². The molecule has 5 nitrogen and oxygen atoms in total. The summed E-state index contributed by atoms with van der Waals surface area (Å²) in [5, 5.41) is 2.21. The molecule has 1 atom stereocenters. The molecule has 5 heteroatoms. The molecule has 1 spiro atoms. The molecule has 60 heavy (non-hydrogen) atoms. The van der Waals surface area contributed by atoms with Gasteiger partial charge in [0.05, 0.1) is 22.5 Å². The van der Waals surface area contributed by atoms with Gasteiger partial charge in [0.25, 0.3) is 0 Å². The molecule has 4 heterocycles. The molecule has 10 aromatic rings. The fourth-order valence-corrected chi connectivity index (χ4v) is 9.43. The number of nitrogens with zero attached hydrogens (tertiary/aromatic N) is 4. The maximum atomic E-state index is 7.02. The fourth-order valence-electron chi connectivity index (χ4n) is 9.43. The van der Waals surface area contributed by atoms with Gasteiger partial charge >= 0.3 is 0 Å². The van der Waals surface area contributed by atoms with E-state index in [1.165, 1.54) is 22.3 Å². The number of fused-ring (bicyclic) bond motifs is 13. The first-order chi connectivity index (χ1) is 29.7. The van der Waals surface area contributed by atoms with Crippen molar-refractivity contribution in [2.24, 2.45) is 0 Å². The van der Waals surface area contributed by atoms with Gasteiger partial charge in [0.1, 0.15) is 11.5 Å². The summed E-state index contributed by atoms with van der Waals surface area (Å²) in [6.45, 7) is 0. The molecule has 12 rings (SSSR count). The first-order valence-electron chi connectivity index (χ1n) is 20.2. The van der Waals surface area contributed by atoms with Crippen LogP contribution in [0.25, 0.3) is 78.2 Å². The molecule has 2 aliphatic rings. The van der Waals surface area contributed by atoms with Gasteiger partial charge in [-0.2, -0.15) is 0 Å². The smallest absolute Gasteiger partial charge is 0.160 e. The van der Waals surface area contributed by atoms with Gasteiger partial charge < -0.3 is 4.74 Å². The van der Waals surface area contributed by atoms with Gasteiger partial charge in [-0.1, -0.05) is 146 Å². The number of hydrogen-bond donors (Lipinski definition) is 0. The second-order valence-corrected chi connectivity index (χ2v) is 15.4. The summed E-state index contributed by atoms with van der Waals surface area (Å²) in [6.07, 6.45) is 5.50. The SMILES string of the molecule is c1ccc(-c2nc(-c3ccc(-c4cccnc4)nc3)cc(-c3ccc4c(c3)C3(c5ccccc5Oc5c3ccc3ccccc53)c3ccccc3-c3ccccc3-4)n2)cc1. The Balaban J connectivity index is 1.15. The molecule has 1 aliphatic carbocycles. The largest absolute Gasteiger partial charge is 0.456 e. The summed E-state index contributed by atoms with van der Waals surface area (Å²) in [7, 11) is 0. The van der Waals surface area contributed by atoms with Gasteiger partial charge in [0, 0.05) is 57.4 Å². The number of rotatable bonds is 4. The lowest BCUT2D eigenvalue weighted by Gasteiger charge is -2.43. The second-order valence-electron chi connectivity index (χ2n) is 15.4. The third kappa shape index (κ3) is 5.19. The molecule has 280 valence electrons. The molecule has 1 unspecified atom stereocenters. The number of ether oxygens (including phenoxy) is 1. The van der Waals surface area contributed by atoms with Crippen molar-refractivity contribution >= 4 is 10.8 Å². The first kappa shape index (κ1) is 34.1. The van der Waals surface area contributed by atoms with Crippen LogP contribution in [0, 0.1) is 0 Å². The Morgan fingerprint density at radius 3 is 1.87 bits per heavy atom. The van der Waals surface area contributed by atoms with E-state index in [9.17, 15) is 0 Å². The molecule has 0 saturated heterocycles. The summed E-state index contributed by atoms with van der Waals surface area (Å²) in [5.74, 6) is 2.37. The van der Waals surface area contributed by atoms with Crippen LogP contribution in [-0.4, -0.2) is 19.9 Å². The van der Waals surface area contributed by atoms with Gasteiger partial charge in [-0.25, -0.2) is 9.97 Å². The van der Waals surface area contributed by atoms with E-state index in [1.54, 1.807) is 6.20 Å². The Morgan fingerprint density at radius 1 is 0.400 bits per heavy atom. The van der Waals surface area contributed by atoms with Crippen LogP contribution in [0.4, 0.5) is 0 Å².